The van der Waals surface area contributed by atoms with Crippen LogP contribution in [0, 0.1) is 96.7 Å². The lowest BCUT2D eigenvalue weighted by Gasteiger charge is -2.72. The topological polar surface area (TPSA) is 64.6 Å². The normalized spacial score (nSPS) is 33.2. The number of carboxylic acid groups (broad SMARTS) is 1. The highest BCUT2D eigenvalue weighted by Gasteiger charge is 2.69. The third kappa shape index (κ3) is 11.3. The number of nitrogens with one attached hydrogen (secondary N) is 2. The molecule has 5 aliphatic carbocycles. The number of thiol groups is 1. The first kappa shape index (κ1) is 53.7. The van der Waals surface area contributed by atoms with Gasteiger partial charge < -0.3 is 15.7 Å². The third-order valence-electron chi connectivity index (χ3n) is 15.5. The molecule has 1 aromatic carbocycles. The van der Waals surface area contributed by atoms with Crippen molar-refractivity contribution in [2.75, 3.05) is 39.3 Å². The molecule has 3 unspecified atom stereocenters. The molecule has 0 radical (unpaired) electrons. The van der Waals surface area contributed by atoms with Crippen LogP contribution in [0.1, 0.15) is 136 Å². The molecule has 0 amide bonds. The quantitative estimate of drug-likeness (QED) is 0.131. The molecule has 6 heteroatoms. The van der Waals surface area contributed by atoms with Gasteiger partial charge in [-0.1, -0.05) is 79.2 Å². The molecule has 1 aromatic rings. The fraction of sp³-hybridized carbons (Fsp3) is 0.642. The molecule has 5 nitrogen and oxygen atoms in total. The number of carbonyl (C=O) groups is 1. The van der Waals surface area contributed by atoms with Crippen molar-refractivity contribution in [1.29, 1.82) is 0 Å². The van der Waals surface area contributed by atoms with Gasteiger partial charge in [0.25, 0.3) is 0 Å². The van der Waals surface area contributed by atoms with E-state index in [-0.39, 0.29) is 5.41 Å². The molecule has 4 saturated carbocycles. The van der Waals surface area contributed by atoms with Crippen molar-refractivity contribution in [3.8, 4) is 51.4 Å². The summed E-state index contributed by atoms with van der Waals surface area (Å²) in [7, 11) is 0. The second-order valence-electron chi connectivity index (χ2n) is 18.8. The standard InChI is InChI=1S/C39H59N3O2.C3H8S.C3H6.4C2H2/c1-35(2)29(27-8-10-28(11-9-27)34(43)44)14-17-36(3)32(35)15-18-38(5)33(36)13-12-30-31-7-6-16-39(31,20-19-37(30,38)4)41-23-26-42-24-21-40-22-25-42;1-3(2)4;1-3-2;4*1-2/h8-11,14,30-33,40-41H,6-7,12-13,15-26H2,1-5H3,(H,43,44);3-4H,1-2H3;3H,1H2,2H3;4*1-2H/t30-,31?,32?,33?,36+,37-,38-,39+;;;;;;/m1....../s1. The highest BCUT2D eigenvalue weighted by Crippen LogP contribution is 2.76. The van der Waals surface area contributed by atoms with Crippen LogP contribution in [0.5, 0.6) is 0 Å². The Morgan fingerprint density at radius 1 is 0.864 bits per heavy atom. The Morgan fingerprint density at radius 3 is 1.97 bits per heavy atom. The number of rotatable bonds is 6. The van der Waals surface area contributed by atoms with E-state index in [1.54, 1.807) is 18.2 Å². The van der Waals surface area contributed by atoms with Gasteiger partial charge >= 0.3 is 5.97 Å². The minimum Gasteiger partial charge on any atom is -0.478 e. The van der Waals surface area contributed by atoms with Crippen molar-refractivity contribution in [3.63, 3.8) is 0 Å². The Hall–Kier alpha value is -3.36. The first-order valence-corrected chi connectivity index (χ1v) is 22.4. The maximum absolute atomic E-state index is 11.5. The molecular formula is C53H81N3O2S. The SMILES string of the molecule is C#C.C#C.C#C.C#C.C=CC.CC(C)S.CC1(C)C(c2ccc(C(=O)O)cc2)=CC[C@@]2(C)C1CC[C@]1(C)C2CC[C@@H]2C3CCC[C@]3(NCCN3CCNCC3)CC[C@]21C. The Labute approximate surface area is 368 Å². The second kappa shape index (κ2) is 24.2. The van der Waals surface area contributed by atoms with Gasteiger partial charge in [-0.15, -0.1) is 58.0 Å². The first-order valence-electron chi connectivity index (χ1n) is 21.9. The molecule has 326 valence electrons. The van der Waals surface area contributed by atoms with E-state index in [1.165, 1.54) is 88.6 Å². The van der Waals surface area contributed by atoms with Gasteiger partial charge in [0.2, 0.25) is 0 Å². The fourth-order valence-corrected chi connectivity index (χ4v) is 13.2. The van der Waals surface area contributed by atoms with Gasteiger partial charge in [0.05, 0.1) is 5.56 Å². The zero-order valence-corrected chi connectivity index (χ0v) is 39.1. The Kier molecular flexibility index (Phi) is 22.0. The van der Waals surface area contributed by atoms with E-state index in [0.29, 0.717) is 38.5 Å². The monoisotopic (exact) mass is 824 g/mol. The number of fused-ring (bicyclic) bond motifs is 7. The van der Waals surface area contributed by atoms with Crippen molar-refractivity contribution in [2.45, 2.75) is 130 Å². The summed E-state index contributed by atoms with van der Waals surface area (Å²) in [5.74, 6) is 2.25. The lowest BCUT2D eigenvalue weighted by molar-refractivity contribution is -0.217. The summed E-state index contributed by atoms with van der Waals surface area (Å²) in [6.07, 6.45) is 49.9. The first-order chi connectivity index (χ1) is 28.1. The van der Waals surface area contributed by atoms with E-state index in [0.717, 1.165) is 43.8 Å². The molecule has 1 aliphatic heterocycles. The van der Waals surface area contributed by atoms with Crippen LogP contribution in [0.4, 0.5) is 0 Å². The van der Waals surface area contributed by atoms with Gasteiger partial charge in [-0.3, -0.25) is 4.90 Å². The van der Waals surface area contributed by atoms with Crippen LogP contribution in [-0.2, 0) is 0 Å². The summed E-state index contributed by atoms with van der Waals surface area (Å²) in [6, 6.07) is 7.67. The summed E-state index contributed by atoms with van der Waals surface area (Å²) < 4.78 is 0. The average molecular weight is 824 g/mol. The van der Waals surface area contributed by atoms with Crippen molar-refractivity contribution < 1.29 is 9.90 Å². The molecule has 5 fully saturated rings. The van der Waals surface area contributed by atoms with Gasteiger partial charge in [0, 0.05) is 44.8 Å². The molecule has 1 heterocycles. The van der Waals surface area contributed by atoms with E-state index in [9.17, 15) is 9.90 Å². The Morgan fingerprint density at radius 2 is 1.42 bits per heavy atom. The number of terminal acetylenes is 4. The number of piperazine rings is 1. The highest BCUT2D eigenvalue weighted by molar-refractivity contribution is 7.80. The van der Waals surface area contributed by atoms with Gasteiger partial charge in [0.1, 0.15) is 0 Å². The van der Waals surface area contributed by atoms with Crippen LogP contribution >= 0.6 is 12.6 Å². The molecule has 3 N–H and O–H groups in total. The Bertz CT molecular complexity index is 1540. The molecule has 1 saturated heterocycles. The second-order valence-corrected chi connectivity index (χ2v) is 19.8. The fourth-order valence-electron chi connectivity index (χ4n) is 13.2. The van der Waals surface area contributed by atoms with Crippen LogP contribution < -0.4 is 10.6 Å². The predicted molar refractivity (Wildman–Crippen MR) is 259 cm³/mol. The average Bonchev–Trinajstić information content (AvgIpc) is 3.66. The number of aromatic carboxylic acids is 1. The van der Waals surface area contributed by atoms with Crippen molar-refractivity contribution >= 4 is 24.2 Å². The molecular weight excluding hydrogens is 743 g/mol. The van der Waals surface area contributed by atoms with Crippen LogP contribution in [0.2, 0.25) is 0 Å². The smallest absolute Gasteiger partial charge is 0.335 e. The largest absolute Gasteiger partial charge is 0.478 e. The van der Waals surface area contributed by atoms with E-state index in [1.807, 2.05) is 32.9 Å². The Balaban J connectivity index is 0.00000103. The summed E-state index contributed by atoms with van der Waals surface area (Å²) in [5.41, 5.74) is 4.58. The number of hydrogen-bond donors (Lipinski definition) is 4. The summed E-state index contributed by atoms with van der Waals surface area (Å²) in [5, 5.41) is 17.8. The van der Waals surface area contributed by atoms with E-state index in [2.05, 4.69) is 127 Å². The number of benzene rings is 1. The van der Waals surface area contributed by atoms with Crippen LogP contribution in [0.3, 0.4) is 0 Å². The minimum absolute atomic E-state index is 0.0678. The van der Waals surface area contributed by atoms with E-state index in [4.69, 9.17) is 0 Å². The third-order valence-corrected chi connectivity index (χ3v) is 15.5. The lowest BCUT2D eigenvalue weighted by Crippen LogP contribution is -2.67. The molecule has 7 rings (SSSR count). The van der Waals surface area contributed by atoms with Gasteiger partial charge in [-0.25, -0.2) is 4.79 Å². The molecule has 0 spiro atoms. The predicted octanol–water partition coefficient (Wildman–Crippen LogP) is 11.0. The molecule has 59 heavy (non-hydrogen) atoms. The van der Waals surface area contributed by atoms with Gasteiger partial charge in [0.15, 0.2) is 0 Å². The van der Waals surface area contributed by atoms with E-state index >= 15 is 0 Å². The van der Waals surface area contributed by atoms with Crippen LogP contribution in [-0.4, -0.2) is 66.0 Å². The summed E-state index contributed by atoms with van der Waals surface area (Å²) >= 11 is 3.97. The summed E-state index contributed by atoms with van der Waals surface area (Å²) in [4.78, 5) is 14.2. The number of allylic oxidation sites excluding steroid dienone is 3. The molecule has 6 aliphatic rings. The lowest BCUT2D eigenvalue weighted by atomic mass is 9.33. The van der Waals surface area contributed by atoms with Crippen LogP contribution in [0.15, 0.2) is 43.0 Å². The van der Waals surface area contributed by atoms with Crippen molar-refractivity contribution in [2.24, 2.45) is 45.3 Å². The maximum Gasteiger partial charge on any atom is 0.335 e. The number of nitrogens with zero attached hydrogens (tertiary/aromatic N) is 1. The van der Waals surface area contributed by atoms with E-state index < -0.39 is 5.97 Å². The maximum atomic E-state index is 11.5. The molecule has 0 aromatic heterocycles. The minimum atomic E-state index is -0.847. The van der Waals surface area contributed by atoms with Gasteiger partial charge in [-0.2, -0.15) is 12.6 Å². The van der Waals surface area contributed by atoms with Gasteiger partial charge in [-0.05, 0) is 139 Å². The zero-order valence-electron chi connectivity index (χ0n) is 38.2. The molecule has 0 bridgehead atoms. The number of hydrogen-bond acceptors (Lipinski definition) is 5. The molecule has 8 atom stereocenters. The highest BCUT2D eigenvalue weighted by atomic mass is 32.1. The summed E-state index contributed by atoms with van der Waals surface area (Å²) in [6.45, 7) is 29.5. The van der Waals surface area contributed by atoms with Crippen LogP contribution in [0.25, 0.3) is 5.57 Å². The number of carboxylic acids is 1. The van der Waals surface area contributed by atoms with Crippen molar-refractivity contribution in [3.05, 3.63) is 54.1 Å². The zero-order chi connectivity index (χ0) is 45.2. The van der Waals surface area contributed by atoms with Crippen molar-refractivity contribution in [1.82, 2.24) is 15.5 Å².